The first-order chi connectivity index (χ1) is 25.6. The first kappa shape index (κ1) is 32.3. The molecule has 0 radical (unpaired) electrons. The van der Waals surface area contributed by atoms with Gasteiger partial charge in [0.1, 0.15) is 0 Å². The van der Waals surface area contributed by atoms with Crippen LogP contribution in [0.25, 0.3) is 32.7 Å². The zero-order valence-electron chi connectivity index (χ0n) is 28.7. The van der Waals surface area contributed by atoms with Crippen LogP contribution in [0.3, 0.4) is 0 Å². The van der Waals surface area contributed by atoms with Gasteiger partial charge in [-0.2, -0.15) is 0 Å². The highest BCUT2D eigenvalue weighted by Gasteiger charge is 2.28. The molecule has 8 aromatic carbocycles. The number of benzene rings is 8. The summed E-state index contributed by atoms with van der Waals surface area (Å²) in [4.78, 5) is 1.96. The maximum absolute atomic E-state index is 8.47. The van der Waals surface area contributed by atoms with Crippen LogP contribution in [0.15, 0.2) is 182 Å². The second-order valence-corrected chi connectivity index (χ2v) is 17.7. The molecule has 8 aromatic rings. The third-order valence-corrected chi connectivity index (χ3v) is 15.0. The van der Waals surface area contributed by atoms with Crippen LogP contribution in [0.2, 0.25) is 0 Å². The van der Waals surface area contributed by atoms with E-state index in [0.29, 0.717) is 13.1 Å². The number of hydrogen-bond acceptors (Lipinski definition) is 1. The van der Waals surface area contributed by atoms with Crippen LogP contribution in [0.1, 0.15) is 11.1 Å². The van der Waals surface area contributed by atoms with Crippen molar-refractivity contribution in [2.75, 3.05) is 0 Å². The third kappa shape index (κ3) is 5.97. The van der Waals surface area contributed by atoms with Gasteiger partial charge >= 0.3 is 0 Å². The molecule has 0 saturated carbocycles. The Labute approximate surface area is 307 Å². The molecule has 52 heavy (non-hydrogen) atoms. The Morgan fingerprint density at radius 1 is 0.442 bits per heavy atom. The summed E-state index contributed by atoms with van der Waals surface area (Å²) >= 11 is 0. The molecule has 0 atom stereocenters. The van der Waals surface area contributed by atoms with Gasteiger partial charge in [0.05, 0.1) is 0 Å². The van der Waals surface area contributed by atoms with E-state index in [4.69, 9.17) is 11.1 Å². The molecular formula is C47H37N3P2. The second kappa shape index (κ2) is 13.9. The zero-order chi connectivity index (χ0) is 35.0. The van der Waals surface area contributed by atoms with E-state index in [0.717, 1.165) is 11.1 Å². The van der Waals surface area contributed by atoms with Gasteiger partial charge in [-0.3, -0.25) is 5.41 Å². The summed E-state index contributed by atoms with van der Waals surface area (Å²) in [7, 11) is -1.85. The Hall–Kier alpha value is -5.59. The lowest BCUT2D eigenvalue weighted by atomic mass is 9.92. The monoisotopic (exact) mass is 705 g/mol. The molecule has 0 fully saturated rings. The fourth-order valence-corrected chi connectivity index (χ4v) is 12.6. The zero-order valence-corrected chi connectivity index (χ0v) is 30.4. The predicted molar refractivity (Wildman–Crippen MR) is 225 cm³/mol. The Morgan fingerprint density at radius 3 is 1.12 bits per heavy atom. The van der Waals surface area contributed by atoms with Crippen LogP contribution in [-0.4, -0.2) is 10.9 Å². The summed E-state index contributed by atoms with van der Waals surface area (Å²) in [6.45, 7) is 1.13. The summed E-state index contributed by atoms with van der Waals surface area (Å²) in [5, 5.41) is 21.3. The van der Waals surface area contributed by atoms with Gasteiger partial charge < -0.3 is 10.6 Å². The Bertz CT molecular complexity index is 2300. The lowest BCUT2D eigenvalue weighted by Gasteiger charge is -2.28. The molecule has 250 valence electrons. The van der Waals surface area contributed by atoms with E-state index in [9.17, 15) is 0 Å². The van der Waals surface area contributed by atoms with Crippen LogP contribution >= 0.6 is 15.8 Å². The molecule has 4 aliphatic rings. The first-order valence-corrected chi connectivity index (χ1v) is 20.3. The summed E-state index contributed by atoms with van der Waals surface area (Å²) in [5.41, 5.74) is 11.1. The molecule has 4 aliphatic heterocycles. The van der Waals surface area contributed by atoms with Crippen molar-refractivity contribution in [2.45, 2.75) is 13.1 Å². The van der Waals surface area contributed by atoms with Gasteiger partial charge in [-0.25, -0.2) is 0 Å². The van der Waals surface area contributed by atoms with Crippen LogP contribution in [0.4, 0.5) is 0 Å². The normalized spacial score (nSPS) is 12.5. The lowest BCUT2D eigenvalue weighted by Crippen LogP contribution is -2.35. The van der Waals surface area contributed by atoms with E-state index in [-0.39, 0.29) is 5.96 Å². The molecule has 5 heteroatoms. The summed E-state index contributed by atoms with van der Waals surface area (Å²) in [6, 6.07) is 67.4. The molecule has 12 rings (SSSR count). The van der Waals surface area contributed by atoms with Crippen molar-refractivity contribution >= 4 is 75.2 Å². The molecule has 0 spiro atoms. The molecule has 0 saturated heterocycles. The van der Waals surface area contributed by atoms with E-state index in [1.54, 1.807) is 0 Å². The first-order valence-electron chi connectivity index (χ1n) is 17.6. The average molecular weight is 706 g/mol. The fraction of sp³-hybridized carbons (Fsp3) is 0.0426. The fourth-order valence-electron chi connectivity index (χ4n) is 7.66. The van der Waals surface area contributed by atoms with E-state index in [1.807, 2.05) is 4.90 Å². The largest absolute Gasteiger partial charge is 0.370 e. The van der Waals surface area contributed by atoms with Crippen LogP contribution < -0.4 is 37.6 Å². The Balaban J connectivity index is 1.45. The second-order valence-electron chi connectivity index (χ2n) is 13.3. The van der Waals surface area contributed by atoms with Crippen molar-refractivity contribution in [2.24, 2.45) is 5.73 Å². The minimum absolute atomic E-state index is 0.0786. The van der Waals surface area contributed by atoms with Gasteiger partial charge in [0.25, 0.3) is 0 Å². The highest BCUT2D eigenvalue weighted by atomic mass is 31.1. The van der Waals surface area contributed by atoms with Crippen LogP contribution in [0.5, 0.6) is 0 Å². The summed E-state index contributed by atoms with van der Waals surface area (Å²) in [6.07, 6.45) is 0. The maximum Gasteiger partial charge on any atom is 0.188 e. The lowest BCUT2D eigenvalue weighted by molar-refractivity contribution is 0.399. The third-order valence-electron chi connectivity index (χ3n) is 10.0. The molecule has 0 aliphatic carbocycles. The maximum atomic E-state index is 8.47. The van der Waals surface area contributed by atoms with Crippen LogP contribution in [0, 0.1) is 5.41 Å². The van der Waals surface area contributed by atoms with E-state index in [1.165, 1.54) is 64.5 Å². The van der Waals surface area contributed by atoms with Gasteiger partial charge in [0.15, 0.2) is 5.96 Å². The quantitative estimate of drug-likeness (QED) is 0.104. The topological polar surface area (TPSA) is 53.1 Å². The van der Waals surface area contributed by atoms with Gasteiger partial charge in [-0.15, -0.1) is 0 Å². The van der Waals surface area contributed by atoms with Gasteiger partial charge in [-0.1, -0.05) is 170 Å². The molecular weight excluding hydrogens is 668 g/mol. The van der Waals surface area contributed by atoms with Crippen molar-refractivity contribution in [3.05, 3.63) is 193 Å². The highest BCUT2D eigenvalue weighted by Crippen LogP contribution is 2.46. The van der Waals surface area contributed by atoms with Crippen molar-refractivity contribution in [3.63, 3.8) is 0 Å². The molecule has 0 aromatic heterocycles. The smallest absolute Gasteiger partial charge is 0.188 e. The Kier molecular flexibility index (Phi) is 8.61. The minimum Gasteiger partial charge on any atom is -0.370 e. The number of hydrogen-bond donors (Lipinski definition) is 2. The predicted octanol–water partition coefficient (Wildman–Crippen LogP) is 8.39. The molecule has 8 bridgehead atoms. The van der Waals surface area contributed by atoms with Gasteiger partial charge in [-0.05, 0) is 104 Å². The summed E-state index contributed by atoms with van der Waals surface area (Å²) in [5.74, 6) is 0.0786. The SMILES string of the molecule is N=C(N)N1Cc2ccc3c(c(P(c4ccccc4)c4ccccc4)ccc3c2)-c2c(P(c3ccccc3)c3ccccc3)ccc3cc(ccc23)C1. The Morgan fingerprint density at radius 2 is 0.788 bits per heavy atom. The van der Waals surface area contributed by atoms with E-state index < -0.39 is 15.8 Å². The molecule has 0 unspecified atom stereocenters. The van der Waals surface area contributed by atoms with Crippen molar-refractivity contribution < 1.29 is 0 Å². The van der Waals surface area contributed by atoms with E-state index in [2.05, 4.69) is 182 Å². The number of nitrogens with zero attached hydrogens (tertiary/aromatic N) is 1. The molecule has 0 amide bonds. The molecule has 3 nitrogen and oxygen atoms in total. The number of guanidine groups is 1. The number of nitrogens with two attached hydrogens (primary N) is 1. The van der Waals surface area contributed by atoms with Gasteiger partial charge in [0, 0.05) is 13.1 Å². The van der Waals surface area contributed by atoms with Gasteiger partial charge in [0.2, 0.25) is 0 Å². The van der Waals surface area contributed by atoms with Crippen molar-refractivity contribution in [1.82, 2.24) is 4.90 Å². The van der Waals surface area contributed by atoms with Crippen molar-refractivity contribution in [3.8, 4) is 11.1 Å². The highest BCUT2D eigenvalue weighted by molar-refractivity contribution is 7.80. The number of nitrogens with one attached hydrogen (secondary N) is 1. The molecule has 3 N–H and O–H groups in total. The summed E-state index contributed by atoms with van der Waals surface area (Å²) < 4.78 is 0. The van der Waals surface area contributed by atoms with E-state index >= 15 is 0 Å². The standard InChI is InChI=1S/C47H37N3P2/c48-47(49)50-31-33-21-25-41-35(29-33)23-27-43(51(37-13-5-1-6-14-37)38-15-7-2-8-16-38)45(41)46-42-26-22-34(32-50)30-36(42)24-28-44(46)52(39-17-9-3-10-18-39)40-19-11-4-12-20-40/h1-30H,31-32H2,(H3,48,49). The minimum atomic E-state index is -0.926. The molecule has 4 heterocycles. The van der Waals surface area contributed by atoms with Crippen molar-refractivity contribution in [1.29, 1.82) is 5.41 Å². The average Bonchev–Trinajstić information content (AvgIpc) is 3.21. The number of rotatable bonds is 6. The van der Waals surface area contributed by atoms with Crippen LogP contribution in [-0.2, 0) is 13.1 Å².